The van der Waals surface area contributed by atoms with Crippen LogP contribution in [0.15, 0.2) is 67.0 Å². The number of likely N-dealkylation sites (N-methyl/N-ethyl adjacent to an activating group) is 1. The Hall–Kier alpha value is -2.72. The highest BCUT2D eigenvalue weighted by atomic mass is 15.2. The Kier molecular flexibility index (Phi) is 3.97. The molecule has 0 N–H and O–H groups in total. The van der Waals surface area contributed by atoms with E-state index in [2.05, 4.69) is 75.3 Å². The highest BCUT2D eigenvalue weighted by Crippen LogP contribution is 2.33. The lowest BCUT2D eigenvalue weighted by Crippen LogP contribution is -2.26. The van der Waals surface area contributed by atoms with Crippen molar-refractivity contribution in [2.45, 2.75) is 6.54 Å². The second kappa shape index (κ2) is 6.42. The Labute approximate surface area is 142 Å². The number of benzene rings is 2. The van der Waals surface area contributed by atoms with E-state index >= 15 is 0 Å². The van der Waals surface area contributed by atoms with Crippen molar-refractivity contribution in [3.8, 4) is 11.4 Å². The first-order chi connectivity index (χ1) is 11.8. The average molecular weight is 316 g/mol. The summed E-state index contributed by atoms with van der Waals surface area (Å²) in [6.45, 7) is 2.94. The number of aromatic nitrogens is 2. The van der Waals surface area contributed by atoms with Crippen molar-refractivity contribution in [1.29, 1.82) is 0 Å². The van der Waals surface area contributed by atoms with Crippen molar-refractivity contribution >= 4 is 11.4 Å². The van der Waals surface area contributed by atoms with E-state index in [1.807, 2.05) is 6.07 Å². The van der Waals surface area contributed by atoms with Crippen LogP contribution in [0.4, 0.5) is 11.4 Å². The highest BCUT2D eigenvalue weighted by molar-refractivity contribution is 5.71. The molecule has 0 radical (unpaired) electrons. The minimum absolute atomic E-state index is 0.776. The monoisotopic (exact) mass is 316 g/mol. The standard InChI is InChI=1S/C20H20N4/c1-23-12-13-24(18-6-3-2-4-7-18)19-9-8-16(14-17(19)15-23)20-21-10-5-11-22-20/h2-11,14H,12-13,15H2,1H3. The number of para-hydroxylation sites is 1. The Bertz CT molecular complexity index is 818. The molecule has 2 aromatic carbocycles. The summed E-state index contributed by atoms with van der Waals surface area (Å²) < 4.78 is 0. The molecule has 4 rings (SSSR count). The first kappa shape index (κ1) is 14.8. The predicted octanol–water partition coefficient (Wildman–Crippen LogP) is 3.73. The van der Waals surface area contributed by atoms with E-state index in [1.54, 1.807) is 12.4 Å². The van der Waals surface area contributed by atoms with Gasteiger partial charge in [-0.05, 0) is 49.0 Å². The molecule has 1 aliphatic heterocycles. The molecule has 2 heterocycles. The summed E-state index contributed by atoms with van der Waals surface area (Å²) >= 11 is 0. The van der Waals surface area contributed by atoms with Crippen molar-refractivity contribution in [2.24, 2.45) is 0 Å². The van der Waals surface area contributed by atoms with Gasteiger partial charge in [-0.2, -0.15) is 0 Å². The molecule has 3 aromatic rings. The summed E-state index contributed by atoms with van der Waals surface area (Å²) in [5.74, 6) is 0.776. The maximum atomic E-state index is 4.38. The molecule has 4 heteroatoms. The van der Waals surface area contributed by atoms with E-state index in [0.29, 0.717) is 0 Å². The zero-order valence-electron chi connectivity index (χ0n) is 13.8. The van der Waals surface area contributed by atoms with Crippen molar-refractivity contribution < 1.29 is 0 Å². The SMILES string of the molecule is CN1CCN(c2ccccc2)c2ccc(-c3ncccn3)cc2C1. The van der Waals surface area contributed by atoms with Gasteiger partial charge in [0.15, 0.2) is 5.82 Å². The zero-order valence-corrected chi connectivity index (χ0v) is 13.8. The third-order valence-corrected chi connectivity index (χ3v) is 4.41. The van der Waals surface area contributed by atoms with Crippen LogP contribution in [0.3, 0.4) is 0 Å². The van der Waals surface area contributed by atoms with Gasteiger partial charge in [0.2, 0.25) is 0 Å². The van der Waals surface area contributed by atoms with Crippen molar-refractivity contribution in [3.05, 3.63) is 72.6 Å². The summed E-state index contributed by atoms with van der Waals surface area (Å²) in [6, 6.07) is 19.0. The van der Waals surface area contributed by atoms with Crippen molar-refractivity contribution in [2.75, 3.05) is 25.0 Å². The number of hydrogen-bond donors (Lipinski definition) is 0. The summed E-state index contributed by atoms with van der Waals surface area (Å²) in [5.41, 5.74) is 4.88. The van der Waals surface area contributed by atoms with Crippen LogP contribution in [0.25, 0.3) is 11.4 Å². The second-order valence-electron chi connectivity index (χ2n) is 6.14. The topological polar surface area (TPSA) is 32.3 Å². The van der Waals surface area contributed by atoms with E-state index in [-0.39, 0.29) is 0 Å². The molecule has 0 fully saturated rings. The number of fused-ring (bicyclic) bond motifs is 1. The number of hydrogen-bond acceptors (Lipinski definition) is 4. The van der Waals surface area contributed by atoms with E-state index in [9.17, 15) is 0 Å². The maximum Gasteiger partial charge on any atom is 0.159 e. The van der Waals surface area contributed by atoms with E-state index in [1.165, 1.54) is 16.9 Å². The fraction of sp³-hybridized carbons (Fsp3) is 0.200. The van der Waals surface area contributed by atoms with Gasteiger partial charge in [-0.25, -0.2) is 9.97 Å². The number of rotatable bonds is 2. The molecule has 0 spiro atoms. The first-order valence-corrected chi connectivity index (χ1v) is 8.23. The minimum Gasteiger partial charge on any atom is -0.340 e. The molecule has 120 valence electrons. The molecule has 0 amide bonds. The van der Waals surface area contributed by atoms with Crippen LogP contribution >= 0.6 is 0 Å². The normalized spacial score (nSPS) is 15.0. The molecule has 0 bridgehead atoms. The molecule has 0 saturated heterocycles. The Morgan fingerprint density at radius 1 is 0.875 bits per heavy atom. The molecule has 4 nitrogen and oxygen atoms in total. The quantitative estimate of drug-likeness (QED) is 0.721. The fourth-order valence-corrected chi connectivity index (χ4v) is 3.20. The van der Waals surface area contributed by atoms with E-state index < -0.39 is 0 Å². The third-order valence-electron chi connectivity index (χ3n) is 4.41. The summed E-state index contributed by atoms with van der Waals surface area (Å²) in [5, 5.41) is 0. The van der Waals surface area contributed by atoms with E-state index in [0.717, 1.165) is 31.0 Å². The van der Waals surface area contributed by atoms with Crippen molar-refractivity contribution in [3.63, 3.8) is 0 Å². The Balaban J connectivity index is 1.79. The summed E-state index contributed by atoms with van der Waals surface area (Å²) in [7, 11) is 2.17. The van der Waals surface area contributed by atoms with Gasteiger partial charge in [0, 0.05) is 49.0 Å². The van der Waals surface area contributed by atoms with Gasteiger partial charge >= 0.3 is 0 Å². The minimum atomic E-state index is 0.776. The molecule has 1 aromatic heterocycles. The van der Waals surface area contributed by atoms with Crippen LogP contribution in [0.2, 0.25) is 0 Å². The summed E-state index contributed by atoms with van der Waals surface area (Å²) in [6.07, 6.45) is 3.58. The lowest BCUT2D eigenvalue weighted by atomic mass is 10.1. The second-order valence-corrected chi connectivity index (χ2v) is 6.14. The molecule has 0 saturated carbocycles. The predicted molar refractivity (Wildman–Crippen MR) is 97.3 cm³/mol. The van der Waals surface area contributed by atoms with Crippen LogP contribution < -0.4 is 4.90 Å². The number of anilines is 2. The molecular formula is C20H20N4. The molecule has 1 aliphatic rings. The van der Waals surface area contributed by atoms with Gasteiger partial charge in [0.05, 0.1) is 0 Å². The average Bonchev–Trinajstić information content (AvgIpc) is 2.80. The fourth-order valence-electron chi connectivity index (χ4n) is 3.20. The third kappa shape index (κ3) is 2.88. The van der Waals surface area contributed by atoms with Gasteiger partial charge < -0.3 is 9.80 Å². The Morgan fingerprint density at radius 3 is 2.46 bits per heavy atom. The van der Waals surface area contributed by atoms with Crippen LogP contribution in [0.5, 0.6) is 0 Å². The molecule has 24 heavy (non-hydrogen) atoms. The van der Waals surface area contributed by atoms with Gasteiger partial charge in [-0.3, -0.25) is 0 Å². The van der Waals surface area contributed by atoms with E-state index in [4.69, 9.17) is 0 Å². The molecule has 0 aliphatic carbocycles. The van der Waals surface area contributed by atoms with Gasteiger partial charge in [-0.1, -0.05) is 18.2 Å². The van der Waals surface area contributed by atoms with Gasteiger partial charge in [-0.15, -0.1) is 0 Å². The summed E-state index contributed by atoms with van der Waals surface area (Å²) in [4.78, 5) is 13.5. The van der Waals surface area contributed by atoms with Crippen LogP contribution in [-0.4, -0.2) is 35.0 Å². The lowest BCUT2D eigenvalue weighted by Gasteiger charge is -2.25. The largest absolute Gasteiger partial charge is 0.340 e. The molecular weight excluding hydrogens is 296 g/mol. The van der Waals surface area contributed by atoms with Crippen LogP contribution in [0.1, 0.15) is 5.56 Å². The first-order valence-electron chi connectivity index (χ1n) is 8.23. The van der Waals surface area contributed by atoms with Crippen LogP contribution in [-0.2, 0) is 6.54 Å². The van der Waals surface area contributed by atoms with Crippen molar-refractivity contribution in [1.82, 2.24) is 14.9 Å². The van der Waals surface area contributed by atoms with Crippen LogP contribution in [0, 0.1) is 0 Å². The van der Waals surface area contributed by atoms with Gasteiger partial charge in [0.25, 0.3) is 0 Å². The highest BCUT2D eigenvalue weighted by Gasteiger charge is 2.20. The maximum absolute atomic E-state index is 4.38. The molecule has 0 atom stereocenters. The smallest absolute Gasteiger partial charge is 0.159 e. The lowest BCUT2D eigenvalue weighted by molar-refractivity contribution is 0.343. The van der Waals surface area contributed by atoms with Gasteiger partial charge in [0.1, 0.15) is 0 Å². The molecule has 0 unspecified atom stereocenters. The number of nitrogens with zero attached hydrogens (tertiary/aromatic N) is 4. The Morgan fingerprint density at radius 2 is 1.67 bits per heavy atom. The zero-order chi connectivity index (χ0) is 16.4.